The molecule has 0 aromatic heterocycles. The predicted molar refractivity (Wildman–Crippen MR) is 71.2 cm³/mol. The zero-order chi connectivity index (χ0) is 14.6. The minimum atomic E-state index is -1.00. The van der Waals surface area contributed by atoms with E-state index in [4.69, 9.17) is 4.74 Å². The first-order valence-corrected chi connectivity index (χ1v) is 7.26. The highest BCUT2D eigenvalue weighted by Gasteiger charge is 2.42. The Hall–Kier alpha value is -1.14. The van der Waals surface area contributed by atoms with Crippen molar-refractivity contribution in [2.45, 2.75) is 50.5 Å². The number of carboxylic acid groups (broad SMARTS) is 1. The lowest BCUT2D eigenvalue weighted by Gasteiger charge is -2.32. The molecule has 0 spiro atoms. The molecule has 2 rings (SSSR count). The maximum Gasteiger partial charge on any atom is 0.310 e. The van der Waals surface area contributed by atoms with E-state index in [9.17, 15) is 19.8 Å². The maximum atomic E-state index is 12.0. The summed E-state index contributed by atoms with van der Waals surface area (Å²) in [7, 11) is 0. The molecule has 1 aliphatic carbocycles. The molecular formula is C14H23NO5. The van der Waals surface area contributed by atoms with Crippen molar-refractivity contribution in [3.05, 3.63) is 0 Å². The van der Waals surface area contributed by atoms with E-state index in [2.05, 4.69) is 5.32 Å². The van der Waals surface area contributed by atoms with Gasteiger partial charge in [0.25, 0.3) is 0 Å². The second kappa shape index (κ2) is 6.10. The Morgan fingerprint density at radius 2 is 1.85 bits per heavy atom. The largest absolute Gasteiger partial charge is 0.481 e. The average Bonchev–Trinajstić information content (AvgIpc) is 2.85. The molecule has 6 heteroatoms. The van der Waals surface area contributed by atoms with Gasteiger partial charge in [0.1, 0.15) is 5.60 Å². The van der Waals surface area contributed by atoms with Crippen molar-refractivity contribution >= 4 is 11.9 Å². The minimum Gasteiger partial charge on any atom is -0.481 e. The van der Waals surface area contributed by atoms with Crippen molar-refractivity contribution in [2.24, 2.45) is 5.41 Å². The van der Waals surface area contributed by atoms with Gasteiger partial charge in [-0.1, -0.05) is 19.3 Å². The summed E-state index contributed by atoms with van der Waals surface area (Å²) in [6.07, 6.45) is 4.37. The molecule has 2 aliphatic rings. The zero-order valence-corrected chi connectivity index (χ0v) is 11.7. The summed E-state index contributed by atoms with van der Waals surface area (Å²) in [5.74, 6) is -1.18. The molecule has 20 heavy (non-hydrogen) atoms. The van der Waals surface area contributed by atoms with Gasteiger partial charge in [-0.2, -0.15) is 0 Å². The fourth-order valence-corrected chi connectivity index (χ4v) is 3.06. The maximum absolute atomic E-state index is 12.0. The van der Waals surface area contributed by atoms with Crippen LogP contribution in [0.1, 0.15) is 44.9 Å². The van der Waals surface area contributed by atoms with Gasteiger partial charge in [0.15, 0.2) is 0 Å². The molecule has 1 saturated heterocycles. The lowest BCUT2D eigenvalue weighted by atomic mass is 9.71. The normalized spacial score (nSPS) is 29.1. The number of aliphatic carboxylic acids is 1. The van der Waals surface area contributed by atoms with Crippen LogP contribution in [0.3, 0.4) is 0 Å². The predicted octanol–water partition coefficient (Wildman–Crippen LogP) is 0.679. The van der Waals surface area contributed by atoms with Gasteiger partial charge in [0.2, 0.25) is 5.91 Å². The lowest BCUT2D eigenvalue weighted by molar-refractivity contribution is -0.154. The summed E-state index contributed by atoms with van der Waals surface area (Å²) in [6, 6.07) is 0. The molecule has 114 valence electrons. The molecule has 6 nitrogen and oxygen atoms in total. The number of rotatable bonds is 5. The molecule has 1 saturated carbocycles. The van der Waals surface area contributed by atoms with Gasteiger partial charge in [-0.15, -0.1) is 0 Å². The highest BCUT2D eigenvalue weighted by atomic mass is 16.5. The topological polar surface area (TPSA) is 95.9 Å². The van der Waals surface area contributed by atoms with Crippen LogP contribution >= 0.6 is 0 Å². The van der Waals surface area contributed by atoms with E-state index in [0.29, 0.717) is 25.9 Å². The molecule has 3 N–H and O–H groups in total. The van der Waals surface area contributed by atoms with Gasteiger partial charge >= 0.3 is 5.97 Å². The number of carbonyl (C=O) groups excluding carboxylic acids is 1. The number of hydrogen-bond donors (Lipinski definition) is 3. The molecule has 1 unspecified atom stereocenters. The number of nitrogens with one attached hydrogen (secondary N) is 1. The summed E-state index contributed by atoms with van der Waals surface area (Å²) < 4.78 is 5.10. The number of ether oxygens (including phenoxy) is 1. The smallest absolute Gasteiger partial charge is 0.310 e. The molecule has 0 radical (unpaired) electrons. The van der Waals surface area contributed by atoms with E-state index >= 15 is 0 Å². The van der Waals surface area contributed by atoms with Crippen LogP contribution in [0.2, 0.25) is 0 Å². The molecule has 1 heterocycles. The van der Waals surface area contributed by atoms with E-state index < -0.39 is 17.0 Å². The molecule has 1 atom stereocenters. The van der Waals surface area contributed by atoms with Crippen molar-refractivity contribution in [1.82, 2.24) is 5.32 Å². The molecule has 0 bridgehead atoms. The fraction of sp³-hybridized carbons (Fsp3) is 0.857. The van der Waals surface area contributed by atoms with Gasteiger partial charge in [0, 0.05) is 26.0 Å². The number of carboxylic acids is 1. The summed E-state index contributed by atoms with van der Waals surface area (Å²) in [5, 5.41) is 22.1. The Balaban J connectivity index is 1.87. The van der Waals surface area contributed by atoms with Crippen LogP contribution in [0, 0.1) is 5.41 Å². The third kappa shape index (κ3) is 3.49. The van der Waals surface area contributed by atoms with Crippen molar-refractivity contribution < 1.29 is 24.5 Å². The van der Waals surface area contributed by atoms with E-state index in [1.807, 2.05) is 0 Å². The Morgan fingerprint density at radius 3 is 2.40 bits per heavy atom. The second-order valence-corrected chi connectivity index (χ2v) is 6.13. The van der Waals surface area contributed by atoms with Gasteiger partial charge in [0.05, 0.1) is 12.0 Å². The molecular weight excluding hydrogens is 262 g/mol. The Bertz CT molecular complexity index is 370. The number of hydrogen-bond acceptors (Lipinski definition) is 4. The van der Waals surface area contributed by atoms with Crippen molar-refractivity contribution in [2.75, 3.05) is 19.8 Å². The minimum absolute atomic E-state index is 0.000724. The summed E-state index contributed by atoms with van der Waals surface area (Å²) in [5.41, 5.74) is -1.92. The molecule has 1 amide bonds. The van der Waals surface area contributed by atoms with Crippen LogP contribution in [0.15, 0.2) is 0 Å². The Morgan fingerprint density at radius 1 is 1.15 bits per heavy atom. The second-order valence-electron chi connectivity index (χ2n) is 6.13. The van der Waals surface area contributed by atoms with E-state index in [0.717, 1.165) is 19.3 Å². The van der Waals surface area contributed by atoms with Crippen LogP contribution in [-0.2, 0) is 14.3 Å². The van der Waals surface area contributed by atoms with E-state index in [-0.39, 0.29) is 25.5 Å². The number of amides is 1. The summed E-state index contributed by atoms with van der Waals surface area (Å²) in [6.45, 7) is 0.838. The van der Waals surface area contributed by atoms with Crippen molar-refractivity contribution in [3.63, 3.8) is 0 Å². The van der Waals surface area contributed by atoms with Crippen LogP contribution in [0.25, 0.3) is 0 Å². The van der Waals surface area contributed by atoms with Gasteiger partial charge in [-0.3, -0.25) is 9.59 Å². The Labute approximate surface area is 118 Å². The van der Waals surface area contributed by atoms with Crippen LogP contribution in [-0.4, -0.2) is 47.4 Å². The first-order valence-electron chi connectivity index (χ1n) is 7.26. The molecule has 0 aromatic carbocycles. The first-order chi connectivity index (χ1) is 9.46. The monoisotopic (exact) mass is 285 g/mol. The third-order valence-corrected chi connectivity index (χ3v) is 4.46. The fourth-order valence-electron chi connectivity index (χ4n) is 3.06. The number of carbonyl (C=O) groups is 2. The van der Waals surface area contributed by atoms with Gasteiger partial charge in [-0.25, -0.2) is 0 Å². The standard InChI is InChI=1S/C14H23NO5/c16-11(15-9-14(19)6-7-20-10-14)8-13(12(17)18)4-2-1-3-5-13/h19H,1-10H2,(H,15,16)(H,17,18). The average molecular weight is 285 g/mol. The van der Waals surface area contributed by atoms with E-state index in [1.165, 1.54) is 0 Å². The highest BCUT2D eigenvalue weighted by molar-refractivity contribution is 5.85. The van der Waals surface area contributed by atoms with Crippen LogP contribution < -0.4 is 5.32 Å². The Kier molecular flexibility index (Phi) is 4.65. The molecule has 1 aliphatic heterocycles. The quantitative estimate of drug-likeness (QED) is 0.690. The summed E-state index contributed by atoms with van der Waals surface area (Å²) in [4.78, 5) is 23.5. The lowest BCUT2D eigenvalue weighted by Crippen LogP contribution is -2.46. The molecule has 2 fully saturated rings. The highest BCUT2D eigenvalue weighted by Crippen LogP contribution is 2.39. The summed E-state index contributed by atoms with van der Waals surface area (Å²) >= 11 is 0. The van der Waals surface area contributed by atoms with Crippen molar-refractivity contribution in [3.8, 4) is 0 Å². The van der Waals surface area contributed by atoms with Crippen LogP contribution in [0.4, 0.5) is 0 Å². The molecule has 0 aromatic rings. The zero-order valence-electron chi connectivity index (χ0n) is 11.7. The van der Waals surface area contributed by atoms with E-state index in [1.54, 1.807) is 0 Å². The van der Waals surface area contributed by atoms with Crippen LogP contribution in [0.5, 0.6) is 0 Å². The van der Waals surface area contributed by atoms with Gasteiger partial charge < -0.3 is 20.3 Å². The first kappa shape index (κ1) is 15.3. The SMILES string of the molecule is O=C(CC1(C(=O)O)CCCCC1)NCC1(O)CCOC1. The van der Waals surface area contributed by atoms with Gasteiger partial charge in [-0.05, 0) is 12.8 Å². The van der Waals surface area contributed by atoms with Crippen molar-refractivity contribution in [1.29, 1.82) is 0 Å². The number of aliphatic hydroxyl groups is 1. The third-order valence-electron chi connectivity index (χ3n) is 4.46.